The van der Waals surface area contributed by atoms with Gasteiger partial charge in [0.25, 0.3) is 0 Å². The van der Waals surface area contributed by atoms with E-state index < -0.39 is 0 Å². The molecule has 0 bridgehead atoms. The standard InChI is InChI=1S/C14H14BrCl2NS/c1-2-8-18-14(11-6-7-12(16)19-11)9-4-3-5-10(15)13(9)17/h3-7,14,18H,2,8H2,1H3. The van der Waals surface area contributed by atoms with Crippen LogP contribution < -0.4 is 5.32 Å². The molecule has 1 unspecified atom stereocenters. The van der Waals surface area contributed by atoms with Gasteiger partial charge in [-0.15, -0.1) is 11.3 Å². The fourth-order valence-electron chi connectivity index (χ4n) is 1.88. The number of benzene rings is 1. The molecule has 0 saturated heterocycles. The minimum absolute atomic E-state index is 0.0856. The largest absolute Gasteiger partial charge is 0.306 e. The van der Waals surface area contributed by atoms with Crippen LogP contribution in [0.2, 0.25) is 9.36 Å². The molecule has 0 fully saturated rings. The first-order valence-corrected chi connectivity index (χ1v) is 8.42. The van der Waals surface area contributed by atoms with E-state index >= 15 is 0 Å². The molecule has 1 aromatic heterocycles. The number of hydrogen-bond donors (Lipinski definition) is 1. The van der Waals surface area contributed by atoms with E-state index in [0.717, 1.165) is 32.4 Å². The molecule has 0 aliphatic carbocycles. The molecule has 1 atom stereocenters. The van der Waals surface area contributed by atoms with Gasteiger partial charge in [-0.25, -0.2) is 0 Å². The van der Waals surface area contributed by atoms with Crippen molar-refractivity contribution in [3.8, 4) is 0 Å². The molecule has 19 heavy (non-hydrogen) atoms. The van der Waals surface area contributed by atoms with Crippen molar-refractivity contribution in [1.29, 1.82) is 0 Å². The van der Waals surface area contributed by atoms with Gasteiger partial charge in [-0.05, 0) is 52.7 Å². The molecule has 102 valence electrons. The minimum Gasteiger partial charge on any atom is -0.306 e. The van der Waals surface area contributed by atoms with Gasteiger partial charge in [-0.2, -0.15) is 0 Å². The monoisotopic (exact) mass is 377 g/mol. The Bertz CT molecular complexity index is 556. The third-order valence-corrected chi connectivity index (χ3v) is 5.38. The quantitative estimate of drug-likeness (QED) is 0.682. The highest BCUT2D eigenvalue weighted by molar-refractivity contribution is 9.10. The molecule has 0 amide bonds. The van der Waals surface area contributed by atoms with Crippen LogP contribution in [-0.4, -0.2) is 6.54 Å². The molecule has 1 aromatic carbocycles. The van der Waals surface area contributed by atoms with Crippen LogP contribution in [0.5, 0.6) is 0 Å². The molecule has 2 rings (SSSR count). The third kappa shape index (κ3) is 3.73. The van der Waals surface area contributed by atoms with Gasteiger partial charge in [0.05, 0.1) is 15.4 Å². The Morgan fingerprint density at radius 1 is 1.26 bits per heavy atom. The average molecular weight is 379 g/mol. The molecular weight excluding hydrogens is 365 g/mol. The van der Waals surface area contributed by atoms with Gasteiger partial charge in [0.1, 0.15) is 0 Å². The SMILES string of the molecule is CCCNC(c1ccc(Cl)s1)c1cccc(Br)c1Cl. The fourth-order valence-corrected chi connectivity index (χ4v) is 3.65. The first-order chi connectivity index (χ1) is 9.13. The first-order valence-electron chi connectivity index (χ1n) is 6.06. The van der Waals surface area contributed by atoms with Crippen LogP contribution in [0.4, 0.5) is 0 Å². The van der Waals surface area contributed by atoms with Gasteiger partial charge in [0, 0.05) is 9.35 Å². The zero-order valence-electron chi connectivity index (χ0n) is 10.4. The summed E-state index contributed by atoms with van der Waals surface area (Å²) in [5.41, 5.74) is 1.07. The maximum Gasteiger partial charge on any atom is 0.0931 e. The number of rotatable bonds is 5. The Hall–Kier alpha value is -0.0600. The topological polar surface area (TPSA) is 12.0 Å². The molecule has 5 heteroatoms. The predicted molar refractivity (Wildman–Crippen MR) is 88.6 cm³/mol. The van der Waals surface area contributed by atoms with E-state index in [1.165, 1.54) is 4.88 Å². The van der Waals surface area contributed by atoms with Crippen molar-refractivity contribution in [2.45, 2.75) is 19.4 Å². The summed E-state index contributed by atoms with van der Waals surface area (Å²) >= 11 is 17.5. The number of nitrogens with one attached hydrogen (secondary N) is 1. The highest BCUT2D eigenvalue weighted by Gasteiger charge is 2.19. The van der Waals surface area contributed by atoms with E-state index in [0.29, 0.717) is 0 Å². The minimum atomic E-state index is 0.0856. The van der Waals surface area contributed by atoms with Gasteiger partial charge >= 0.3 is 0 Å². The first kappa shape index (κ1) is 15.3. The summed E-state index contributed by atoms with van der Waals surface area (Å²) in [4.78, 5) is 1.18. The van der Waals surface area contributed by atoms with Crippen molar-refractivity contribution >= 4 is 50.5 Å². The van der Waals surface area contributed by atoms with Crippen LogP contribution in [-0.2, 0) is 0 Å². The Labute approximate surface area is 136 Å². The molecule has 1 heterocycles. The summed E-state index contributed by atoms with van der Waals surface area (Å²) in [5.74, 6) is 0. The highest BCUT2D eigenvalue weighted by Crippen LogP contribution is 2.36. The molecule has 0 saturated carbocycles. The van der Waals surface area contributed by atoms with Crippen LogP contribution in [0.25, 0.3) is 0 Å². The maximum atomic E-state index is 6.41. The van der Waals surface area contributed by atoms with Crippen LogP contribution in [0.15, 0.2) is 34.8 Å². The summed E-state index contributed by atoms with van der Waals surface area (Å²) in [6.07, 6.45) is 1.07. The molecule has 0 aliphatic rings. The molecule has 0 spiro atoms. The van der Waals surface area contributed by atoms with E-state index in [9.17, 15) is 0 Å². The second-order valence-electron chi connectivity index (χ2n) is 4.17. The third-order valence-electron chi connectivity index (χ3n) is 2.77. The summed E-state index contributed by atoms with van der Waals surface area (Å²) in [7, 11) is 0. The van der Waals surface area contributed by atoms with E-state index in [2.05, 4.69) is 34.2 Å². The van der Waals surface area contributed by atoms with Gasteiger partial charge in [0.15, 0.2) is 0 Å². The molecule has 0 radical (unpaired) electrons. The zero-order valence-corrected chi connectivity index (χ0v) is 14.3. The summed E-state index contributed by atoms with van der Waals surface area (Å²) in [6, 6.07) is 10.1. The van der Waals surface area contributed by atoms with Gasteiger partial charge in [-0.1, -0.05) is 42.3 Å². The van der Waals surface area contributed by atoms with Gasteiger partial charge in [0.2, 0.25) is 0 Å². The molecule has 1 N–H and O–H groups in total. The Balaban J connectivity index is 2.39. The predicted octanol–water partition coefficient (Wildman–Crippen LogP) is 5.91. The summed E-state index contributed by atoms with van der Waals surface area (Å²) in [6.45, 7) is 3.08. The number of hydrogen-bond acceptors (Lipinski definition) is 2. The Kier molecular flexibility index (Phi) is 5.72. The second kappa shape index (κ2) is 7.09. The Morgan fingerprint density at radius 2 is 2.05 bits per heavy atom. The van der Waals surface area contributed by atoms with E-state index in [1.54, 1.807) is 11.3 Å². The normalized spacial score (nSPS) is 12.6. The molecular formula is C14H14BrCl2NS. The summed E-state index contributed by atoms with van der Waals surface area (Å²) < 4.78 is 1.71. The smallest absolute Gasteiger partial charge is 0.0931 e. The van der Waals surface area contributed by atoms with E-state index in [-0.39, 0.29) is 6.04 Å². The highest BCUT2D eigenvalue weighted by atomic mass is 79.9. The molecule has 1 nitrogen and oxygen atoms in total. The van der Waals surface area contributed by atoms with Crippen molar-refractivity contribution in [1.82, 2.24) is 5.32 Å². The van der Waals surface area contributed by atoms with Crippen molar-refractivity contribution < 1.29 is 0 Å². The zero-order chi connectivity index (χ0) is 13.8. The van der Waals surface area contributed by atoms with E-state index in [4.69, 9.17) is 23.2 Å². The lowest BCUT2D eigenvalue weighted by molar-refractivity contribution is 0.606. The van der Waals surface area contributed by atoms with Crippen molar-refractivity contribution in [3.63, 3.8) is 0 Å². The Morgan fingerprint density at radius 3 is 2.68 bits per heavy atom. The maximum absolute atomic E-state index is 6.41. The number of thiophene rings is 1. The van der Waals surface area contributed by atoms with Crippen molar-refractivity contribution in [3.05, 3.63) is 54.6 Å². The lowest BCUT2D eigenvalue weighted by atomic mass is 10.1. The lowest BCUT2D eigenvalue weighted by Crippen LogP contribution is -2.22. The van der Waals surface area contributed by atoms with Crippen molar-refractivity contribution in [2.75, 3.05) is 6.54 Å². The van der Waals surface area contributed by atoms with Crippen LogP contribution in [0, 0.1) is 0 Å². The fraction of sp³-hybridized carbons (Fsp3) is 0.286. The van der Waals surface area contributed by atoms with Gasteiger partial charge < -0.3 is 5.32 Å². The number of halogens is 3. The molecule has 2 aromatic rings. The van der Waals surface area contributed by atoms with Crippen LogP contribution in [0.3, 0.4) is 0 Å². The molecule has 0 aliphatic heterocycles. The van der Waals surface area contributed by atoms with Crippen molar-refractivity contribution in [2.24, 2.45) is 0 Å². The summed E-state index contributed by atoms with van der Waals surface area (Å²) in [5, 5.41) is 4.28. The van der Waals surface area contributed by atoms with Crippen LogP contribution in [0.1, 0.15) is 29.8 Å². The van der Waals surface area contributed by atoms with Crippen LogP contribution >= 0.6 is 50.5 Å². The second-order valence-corrected chi connectivity index (χ2v) is 7.15. The lowest BCUT2D eigenvalue weighted by Gasteiger charge is -2.19. The van der Waals surface area contributed by atoms with E-state index in [1.807, 2.05) is 24.3 Å². The van der Waals surface area contributed by atoms with Gasteiger partial charge in [-0.3, -0.25) is 0 Å². The average Bonchev–Trinajstić information content (AvgIpc) is 2.81.